The van der Waals surface area contributed by atoms with E-state index >= 15 is 0 Å². The Hall–Kier alpha value is -1.16. The van der Waals surface area contributed by atoms with Crippen molar-refractivity contribution in [3.05, 3.63) is 29.8 Å². The molecule has 18 heavy (non-hydrogen) atoms. The normalized spacial score (nSPS) is 13.8. The van der Waals surface area contributed by atoms with Crippen molar-refractivity contribution in [3.63, 3.8) is 0 Å². The highest BCUT2D eigenvalue weighted by molar-refractivity contribution is 8.00. The van der Waals surface area contributed by atoms with E-state index in [2.05, 4.69) is 0 Å². The number of thioether (sulfide) groups is 1. The SMILES string of the molecule is CCOC(=O)C(C)(SCC)c1ccc(OC)cc1. The molecule has 0 spiro atoms. The minimum atomic E-state index is -0.656. The molecule has 1 atom stereocenters. The van der Waals surface area contributed by atoms with E-state index in [0.29, 0.717) is 6.61 Å². The van der Waals surface area contributed by atoms with Gasteiger partial charge in [0.1, 0.15) is 10.5 Å². The fourth-order valence-electron chi connectivity index (χ4n) is 1.73. The highest BCUT2D eigenvalue weighted by Crippen LogP contribution is 2.38. The van der Waals surface area contributed by atoms with Crippen molar-refractivity contribution in [1.82, 2.24) is 0 Å². The fourth-order valence-corrected chi connectivity index (χ4v) is 2.78. The molecule has 4 heteroatoms. The maximum Gasteiger partial charge on any atom is 0.326 e. The number of carbonyl (C=O) groups excluding carboxylic acids is 1. The van der Waals surface area contributed by atoms with Gasteiger partial charge in [-0.1, -0.05) is 19.1 Å². The summed E-state index contributed by atoms with van der Waals surface area (Å²) in [5.41, 5.74) is 0.939. The van der Waals surface area contributed by atoms with E-state index in [0.717, 1.165) is 17.1 Å². The molecule has 0 aliphatic heterocycles. The van der Waals surface area contributed by atoms with Crippen LogP contribution in [0.3, 0.4) is 0 Å². The second-order valence-electron chi connectivity index (χ2n) is 3.92. The quantitative estimate of drug-likeness (QED) is 0.742. The lowest BCUT2D eigenvalue weighted by molar-refractivity contribution is -0.145. The Morgan fingerprint density at radius 2 is 1.89 bits per heavy atom. The molecule has 1 unspecified atom stereocenters. The Balaban J connectivity index is 3.05. The molecular formula is C14H20O3S. The Morgan fingerprint density at radius 3 is 2.33 bits per heavy atom. The summed E-state index contributed by atoms with van der Waals surface area (Å²) in [6.07, 6.45) is 0. The molecule has 1 rings (SSSR count). The molecule has 3 nitrogen and oxygen atoms in total. The Bertz CT molecular complexity index is 389. The molecule has 0 aliphatic carbocycles. The summed E-state index contributed by atoms with van der Waals surface area (Å²) in [6, 6.07) is 7.56. The van der Waals surface area contributed by atoms with Crippen molar-refractivity contribution in [3.8, 4) is 5.75 Å². The van der Waals surface area contributed by atoms with Crippen molar-refractivity contribution in [1.29, 1.82) is 0 Å². The van der Waals surface area contributed by atoms with Crippen LogP contribution in [0.15, 0.2) is 24.3 Å². The van der Waals surface area contributed by atoms with Gasteiger partial charge in [-0.25, -0.2) is 0 Å². The summed E-state index contributed by atoms with van der Waals surface area (Å²) in [4.78, 5) is 12.1. The zero-order chi connectivity index (χ0) is 13.6. The largest absolute Gasteiger partial charge is 0.497 e. The molecule has 0 amide bonds. The van der Waals surface area contributed by atoms with E-state index in [4.69, 9.17) is 9.47 Å². The third kappa shape index (κ3) is 3.19. The average Bonchev–Trinajstić information content (AvgIpc) is 2.39. The van der Waals surface area contributed by atoms with Gasteiger partial charge in [0.2, 0.25) is 0 Å². The molecule has 0 saturated carbocycles. The molecule has 0 aliphatic rings. The minimum Gasteiger partial charge on any atom is -0.497 e. The molecule has 100 valence electrons. The molecule has 0 aromatic heterocycles. The number of hydrogen-bond donors (Lipinski definition) is 0. The topological polar surface area (TPSA) is 35.5 Å². The van der Waals surface area contributed by atoms with Gasteiger partial charge >= 0.3 is 5.97 Å². The van der Waals surface area contributed by atoms with E-state index in [1.54, 1.807) is 18.9 Å². The van der Waals surface area contributed by atoms with Crippen molar-refractivity contribution in [2.24, 2.45) is 0 Å². The van der Waals surface area contributed by atoms with Gasteiger partial charge in [0, 0.05) is 0 Å². The van der Waals surface area contributed by atoms with Crippen LogP contribution in [0.25, 0.3) is 0 Å². The zero-order valence-corrected chi connectivity index (χ0v) is 12.2. The van der Waals surface area contributed by atoms with E-state index in [1.807, 2.05) is 45.0 Å². The Labute approximate surface area is 113 Å². The van der Waals surface area contributed by atoms with Crippen LogP contribution >= 0.6 is 11.8 Å². The van der Waals surface area contributed by atoms with Crippen molar-refractivity contribution >= 4 is 17.7 Å². The van der Waals surface area contributed by atoms with Gasteiger partial charge in [-0.2, -0.15) is 0 Å². The number of hydrogen-bond acceptors (Lipinski definition) is 4. The first kappa shape index (κ1) is 14.9. The molecule has 0 saturated heterocycles. The van der Waals surface area contributed by atoms with Crippen LogP contribution in [0.1, 0.15) is 26.3 Å². The van der Waals surface area contributed by atoms with Crippen LogP contribution in [0.2, 0.25) is 0 Å². The fraction of sp³-hybridized carbons (Fsp3) is 0.500. The molecule has 0 heterocycles. The molecule has 0 N–H and O–H groups in total. The summed E-state index contributed by atoms with van der Waals surface area (Å²) < 4.78 is 9.65. The van der Waals surface area contributed by atoms with E-state index in [9.17, 15) is 4.79 Å². The Morgan fingerprint density at radius 1 is 1.28 bits per heavy atom. The maximum atomic E-state index is 12.1. The van der Waals surface area contributed by atoms with Crippen LogP contribution in [-0.2, 0) is 14.3 Å². The highest BCUT2D eigenvalue weighted by Gasteiger charge is 2.36. The number of rotatable bonds is 6. The average molecular weight is 268 g/mol. The van der Waals surface area contributed by atoms with Crippen molar-refractivity contribution < 1.29 is 14.3 Å². The standard InChI is InChI=1S/C14H20O3S/c1-5-17-13(15)14(3,18-6-2)11-7-9-12(16-4)10-8-11/h7-10H,5-6H2,1-4H3. The molecule has 0 bridgehead atoms. The molecule has 1 aromatic rings. The van der Waals surface area contributed by atoms with Gasteiger partial charge < -0.3 is 9.47 Å². The monoisotopic (exact) mass is 268 g/mol. The predicted molar refractivity (Wildman–Crippen MR) is 75.1 cm³/mol. The summed E-state index contributed by atoms with van der Waals surface area (Å²) in [5.74, 6) is 1.44. The summed E-state index contributed by atoms with van der Waals surface area (Å²) in [5, 5.41) is 0. The van der Waals surface area contributed by atoms with E-state index in [1.165, 1.54) is 0 Å². The molecular weight excluding hydrogens is 248 g/mol. The van der Waals surface area contributed by atoms with E-state index in [-0.39, 0.29) is 5.97 Å². The summed E-state index contributed by atoms with van der Waals surface area (Å²) >= 11 is 1.58. The second kappa shape index (κ2) is 6.69. The maximum absolute atomic E-state index is 12.1. The third-order valence-electron chi connectivity index (χ3n) is 2.74. The lowest BCUT2D eigenvalue weighted by Crippen LogP contribution is -2.31. The van der Waals surface area contributed by atoms with Crippen LogP contribution in [0.4, 0.5) is 0 Å². The lowest BCUT2D eigenvalue weighted by Gasteiger charge is -2.26. The summed E-state index contributed by atoms with van der Waals surface area (Å²) in [6.45, 7) is 6.16. The zero-order valence-electron chi connectivity index (χ0n) is 11.4. The van der Waals surface area contributed by atoms with Crippen molar-refractivity contribution in [2.45, 2.75) is 25.5 Å². The van der Waals surface area contributed by atoms with Crippen LogP contribution < -0.4 is 4.74 Å². The first-order chi connectivity index (χ1) is 8.58. The van der Waals surface area contributed by atoms with Gasteiger partial charge in [0.25, 0.3) is 0 Å². The number of esters is 1. The van der Waals surface area contributed by atoms with Gasteiger partial charge in [-0.15, -0.1) is 11.8 Å². The van der Waals surface area contributed by atoms with Crippen LogP contribution in [0, 0.1) is 0 Å². The van der Waals surface area contributed by atoms with Crippen molar-refractivity contribution in [2.75, 3.05) is 19.5 Å². The minimum absolute atomic E-state index is 0.193. The predicted octanol–water partition coefficient (Wildman–Crippen LogP) is 3.23. The number of methoxy groups -OCH3 is 1. The number of carbonyl (C=O) groups is 1. The highest BCUT2D eigenvalue weighted by atomic mass is 32.2. The van der Waals surface area contributed by atoms with Crippen LogP contribution in [-0.4, -0.2) is 25.4 Å². The number of benzene rings is 1. The molecule has 0 radical (unpaired) electrons. The van der Waals surface area contributed by atoms with Gasteiger partial charge in [0.15, 0.2) is 0 Å². The molecule has 0 fully saturated rings. The van der Waals surface area contributed by atoms with E-state index < -0.39 is 4.75 Å². The van der Waals surface area contributed by atoms with Gasteiger partial charge in [-0.05, 0) is 37.3 Å². The third-order valence-corrected chi connectivity index (χ3v) is 4.01. The second-order valence-corrected chi connectivity index (χ2v) is 5.60. The van der Waals surface area contributed by atoms with Crippen LogP contribution in [0.5, 0.6) is 5.75 Å². The first-order valence-electron chi connectivity index (χ1n) is 6.04. The smallest absolute Gasteiger partial charge is 0.326 e. The number of ether oxygens (including phenoxy) is 2. The Kier molecular flexibility index (Phi) is 5.54. The lowest BCUT2D eigenvalue weighted by atomic mass is 10.0. The summed E-state index contributed by atoms with van der Waals surface area (Å²) in [7, 11) is 1.63. The van der Waals surface area contributed by atoms with Gasteiger partial charge in [-0.3, -0.25) is 4.79 Å². The van der Waals surface area contributed by atoms with Gasteiger partial charge in [0.05, 0.1) is 13.7 Å². The molecule has 1 aromatic carbocycles. The first-order valence-corrected chi connectivity index (χ1v) is 7.02.